The van der Waals surface area contributed by atoms with Gasteiger partial charge in [0, 0.05) is 18.8 Å². The van der Waals surface area contributed by atoms with Crippen LogP contribution in [-0.2, 0) is 24.0 Å². The molecule has 2 atom stereocenters. The Bertz CT molecular complexity index is 796. The van der Waals surface area contributed by atoms with E-state index in [2.05, 4.69) is 10.3 Å². The number of unbranched alkanes of at least 4 members (excludes halogenated alkanes) is 2. The van der Waals surface area contributed by atoms with Gasteiger partial charge in [-0.25, -0.2) is 9.59 Å². The van der Waals surface area contributed by atoms with Gasteiger partial charge in [-0.2, -0.15) is 0 Å². The predicted octanol–water partition coefficient (Wildman–Crippen LogP) is 0.261. The Morgan fingerprint density at radius 2 is 1.35 bits per heavy atom. The van der Waals surface area contributed by atoms with Crippen molar-refractivity contribution in [3.63, 3.8) is 0 Å². The molecule has 0 aliphatic rings. The number of rotatable bonds is 18. The third kappa shape index (κ3) is 26.4. The summed E-state index contributed by atoms with van der Waals surface area (Å²) in [6, 6.07) is -2.42. The van der Waals surface area contributed by atoms with Crippen LogP contribution in [0.1, 0.15) is 78.1 Å². The minimum atomic E-state index is -1.35. The van der Waals surface area contributed by atoms with Gasteiger partial charge >= 0.3 is 55.6 Å². The summed E-state index contributed by atoms with van der Waals surface area (Å²) in [6.45, 7) is 3.75. The van der Waals surface area contributed by atoms with E-state index < -0.39 is 48.3 Å². The smallest absolute Gasteiger partial charge is 0.862 e. The Balaban J connectivity index is -0.000000608. The zero-order valence-corrected chi connectivity index (χ0v) is 23.6. The van der Waals surface area contributed by atoms with Gasteiger partial charge in [-0.3, -0.25) is 14.6 Å². The number of allylic oxidation sites excluding steroid dienone is 4. The summed E-state index contributed by atoms with van der Waals surface area (Å²) in [6.07, 6.45) is 9.66. The van der Waals surface area contributed by atoms with Gasteiger partial charge in [0.2, 0.25) is 5.91 Å². The molecule has 0 aromatic heterocycles. The summed E-state index contributed by atoms with van der Waals surface area (Å²) in [5, 5.41) is 50.0. The number of amides is 1. The van der Waals surface area contributed by atoms with E-state index in [0.29, 0.717) is 12.8 Å². The SMILES string of the molecule is C/C=C/CCCC(=O)N[C@@H](CCC(=O)O)C(=O)O.C/C=C/CCCC([O-])=N[C@@H](CCC(=O)[O-])C(=O)O.[Ca+2]. The minimum absolute atomic E-state index is 0. The molecule has 0 aromatic carbocycles. The molecule has 1 amide bonds. The molecule has 13 heteroatoms. The van der Waals surface area contributed by atoms with Crippen molar-refractivity contribution < 1.29 is 49.5 Å². The first-order valence-electron chi connectivity index (χ1n) is 11.6. The van der Waals surface area contributed by atoms with Crippen molar-refractivity contribution in [2.45, 2.75) is 90.1 Å². The molecule has 4 N–H and O–H groups in total. The molecule has 0 bridgehead atoms. The van der Waals surface area contributed by atoms with Crippen LogP contribution < -0.4 is 15.5 Å². The number of aliphatic imine (C=N–C) groups is 1. The van der Waals surface area contributed by atoms with E-state index in [4.69, 9.17) is 15.3 Å². The van der Waals surface area contributed by atoms with Crippen LogP contribution in [0.25, 0.3) is 0 Å². The normalized spacial score (nSPS) is 12.6. The van der Waals surface area contributed by atoms with Crippen molar-refractivity contribution in [2.75, 3.05) is 0 Å². The van der Waals surface area contributed by atoms with Gasteiger partial charge in [-0.05, 0) is 71.1 Å². The minimum Gasteiger partial charge on any atom is -0.862 e. The molecule has 0 aromatic rings. The van der Waals surface area contributed by atoms with Crippen molar-refractivity contribution in [1.29, 1.82) is 0 Å². The summed E-state index contributed by atoms with van der Waals surface area (Å²) in [4.78, 5) is 57.0. The largest absolute Gasteiger partial charge is 2.00 e. The van der Waals surface area contributed by atoms with Crippen molar-refractivity contribution >= 4 is 73.4 Å². The number of carbonyl (C=O) groups is 5. The quantitative estimate of drug-likeness (QED) is 0.0597. The average Bonchev–Trinajstić information content (AvgIpc) is 2.79. The second-order valence-corrected chi connectivity index (χ2v) is 7.60. The van der Waals surface area contributed by atoms with Gasteiger partial charge in [0.05, 0.1) is 0 Å². The Labute approximate surface area is 246 Å². The summed E-state index contributed by atoms with van der Waals surface area (Å²) in [7, 11) is 0. The fraction of sp³-hybridized carbons (Fsp3) is 0.583. The number of nitrogens with zero attached hydrogens (tertiary/aromatic N) is 1. The molecule has 12 nitrogen and oxygen atoms in total. The predicted molar refractivity (Wildman–Crippen MR) is 133 cm³/mol. The Morgan fingerprint density at radius 1 is 0.811 bits per heavy atom. The molecule has 204 valence electrons. The standard InChI is InChI=1S/2C12H19NO5.Ca/c2*1-2-3-4-5-6-10(14)13-9(12(17)18)7-8-11(15)16;/h2*2-3,9H,4-8H2,1H3,(H,13,14)(H,15,16)(H,17,18);/q;;+2/p-2/b2*3-2+;/t2*9-;/m00./s1. The van der Waals surface area contributed by atoms with Crippen LogP contribution in [0.5, 0.6) is 0 Å². The van der Waals surface area contributed by atoms with Crippen LogP contribution >= 0.6 is 0 Å². The molecule has 0 saturated heterocycles. The number of nitrogens with one attached hydrogen (secondary N) is 1. The topological polar surface area (TPSA) is 217 Å². The van der Waals surface area contributed by atoms with Gasteiger partial charge in [0.25, 0.3) is 0 Å². The first-order valence-corrected chi connectivity index (χ1v) is 11.6. The van der Waals surface area contributed by atoms with E-state index in [9.17, 15) is 34.2 Å². The molecule has 0 unspecified atom stereocenters. The number of aliphatic carboxylic acids is 4. The summed E-state index contributed by atoms with van der Waals surface area (Å²) >= 11 is 0. The van der Waals surface area contributed by atoms with E-state index >= 15 is 0 Å². The molecule has 0 spiro atoms. The molecule has 0 aliphatic heterocycles. The van der Waals surface area contributed by atoms with E-state index in [1.165, 1.54) is 0 Å². The second kappa shape index (κ2) is 25.2. The van der Waals surface area contributed by atoms with E-state index in [0.717, 1.165) is 12.8 Å². The molecule has 0 aliphatic carbocycles. The summed E-state index contributed by atoms with van der Waals surface area (Å²) < 4.78 is 0. The molecular formula is C24H36CaN2O10. The Kier molecular flexibility index (Phi) is 26.6. The van der Waals surface area contributed by atoms with E-state index in [1.807, 2.05) is 38.2 Å². The fourth-order valence-electron chi connectivity index (χ4n) is 2.61. The van der Waals surface area contributed by atoms with Crippen LogP contribution in [-0.4, -0.2) is 101 Å². The van der Waals surface area contributed by atoms with Gasteiger partial charge in [-0.1, -0.05) is 24.3 Å². The molecule has 0 rings (SSSR count). The molecule has 0 saturated carbocycles. The van der Waals surface area contributed by atoms with Crippen LogP contribution in [0, 0.1) is 0 Å². The Morgan fingerprint density at radius 3 is 1.78 bits per heavy atom. The van der Waals surface area contributed by atoms with Gasteiger partial charge in [-0.15, -0.1) is 0 Å². The van der Waals surface area contributed by atoms with Crippen LogP contribution in [0.3, 0.4) is 0 Å². The van der Waals surface area contributed by atoms with E-state index in [-0.39, 0.29) is 75.7 Å². The van der Waals surface area contributed by atoms with Crippen molar-refractivity contribution in [1.82, 2.24) is 5.32 Å². The number of carboxylic acid groups (broad SMARTS) is 4. The number of carboxylic acids is 4. The van der Waals surface area contributed by atoms with Gasteiger partial charge in [0.15, 0.2) is 0 Å². The van der Waals surface area contributed by atoms with Crippen molar-refractivity contribution in [3.8, 4) is 0 Å². The van der Waals surface area contributed by atoms with Crippen molar-refractivity contribution in [2.24, 2.45) is 4.99 Å². The first-order chi connectivity index (χ1) is 16.9. The molecule has 0 heterocycles. The maximum atomic E-state index is 11.4. The third-order valence-electron chi connectivity index (χ3n) is 4.49. The molecule has 0 radical (unpaired) electrons. The number of hydrogen-bond acceptors (Lipinski definition) is 8. The number of hydrogen-bond donors (Lipinski definition) is 4. The average molecular weight is 553 g/mol. The molecule has 37 heavy (non-hydrogen) atoms. The maximum Gasteiger partial charge on any atom is 2.00 e. The van der Waals surface area contributed by atoms with Gasteiger partial charge < -0.3 is 35.6 Å². The summed E-state index contributed by atoms with van der Waals surface area (Å²) in [5.41, 5.74) is 0. The fourth-order valence-corrected chi connectivity index (χ4v) is 2.61. The zero-order valence-electron chi connectivity index (χ0n) is 21.4. The van der Waals surface area contributed by atoms with Crippen LogP contribution in [0.4, 0.5) is 0 Å². The number of carbonyl (C=O) groups excluding carboxylic acids is 2. The molecule has 0 fully saturated rings. The monoisotopic (exact) mass is 552 g/mol. The van der Waals surface area contributed by atoms with E-state index in [1.54, 1.807) is 0 Å². The second-order valence-electron chi connectivity index (χ2n) is 7.60. The maximum absolute atomic E-state index is 11.4. The van der Waals surface area contributed by atoms with Crippen LogP contribution in [0.2, 0.25) is 0 Å². The van der Waals surface area contributed by atoms with Crippen LogP contribution in [0.15, 0.2) is 29.3 Å². The first kappa shape index (κ1) is 39.1. The zero-order chi connectivity index (χ0) is 27.9. The third-order valence-corrected chi connectivity index (χ3v) is 4.49. The summed E-state index contributed by atoms with van der Waals surface area (Å²) in [5.74, 6) is -5.81. The molecular weight excluding hydrogens is 516 g/mol. The van der Waals surface area contributed by atoms with Crippen molar-refractivity contribution in [3.05, 3.63) is 24.3 Å². The Hall–Kier alpha value is -2.44. The van der Waals surface area contributed by atoms with Gasteiger partial charge in [0.1, 0.15) is 12.1 Å².